The van der Waals surface area contributed by atoms with E-state index in [4.69, 9.17) is 10.2 Å². The Bertz CT molecular complexity index is 530. The quantitative estimate of drug-likeness (QED) is 0.846. The summed E-state index contributed by atoms with van der Waals surface area (Å²) in [6, 6.07) is 16.9. The fourth-order valence-corrected chi connectivity index (χ4v) is 2.43. The molecule has 0 spiro atoms. The summed E-state index contributed by atoms with van der Waals surface area (Å²) in [6.45, 7) is 2.23. The lowest BCUT2D eigenvalue weighted by Crippen LogP contribution is -2.11. The first-order valence-corrected chi connectivity index (χ1v) is 7.11. The lowest BCUT2D eigenvalue weighted by Gasteiger charge is -2.12. The lowest BCUT2D eigenvalue weighted by atomic mass is 9.95. The van der Waals surface area contributed by atoms with E-state index in [1.165, 1.54) is 22.3 Å². The fraction of sp³-hybridized carbons (Fsp3) is 0.333. The second-order valence-electron chi connectivity index (χ2n) is 5.29. The molecule has 0 atom stereocenters. The van der Waals surface area contributed by atoms with Crippen molar-refractivity contribution >= 4 is 0 Å². The van der Waals surface area contributed by atoms with Crippen molar-refractivity contribution in [3.8, 4) is 11.1 Å². The number of aliphatic hydroxyl groups excluding tert-OH is 2. The molecule has 2 nitrogen and oxygen atoms in total. The average Bonchev–Trinajstić information content (AvgIpc) is 2.49. The molecule has 0 fully saturated rings. The summed E-state index contributed by atoms with van der Waals surface area (Å²) in [5.74, 6) is -0.0101. The summed E-state index contributed by atoms with van der Waals surface area (Å²) in [4.78, 5) is 0. The monoisotopic (exact) mass is 270 g/mol. The van der Waals surface area contributed by atoms with Gasteiger partial charge in [0, 0.05) is 19.1 Å². The Hall–Kier alpha value is -1.64. The van der Waals surface area contributed by atoms with E-state index in [2.05, 4.69) is 49.4 Å². The van der Waals surface area contributed by atoms with E-state index in [1.54, 1.807) is 0 Å². The van der Waals surface area contributed by atoms with Gasteiger partial charge in [0.15, 0.2) is 0 Å². The molecule has 0 radical (unpaired) electrons. The molecule has 2 rings (SSSR count). The van der Waals surface area contributed by atoms with Crippen LogP contribution in [0.2, 0.25) is 0 Å². The summed E-state index contributed by atoms with van der Waals surface area (Å²) in [5, 5.41) is 18.2. The molecule has 0 unspecified atom stereocenters. The van der Waals surface area contributed by atoms with E-state index in [9.17, 15) is 0 Å². The van der Waals surface area contributed by atoms with E-state index in [0.29, 0.717) is 0 Å². The minimum absolute atomic E-state index is 0.0101. The Kier molecular flexibility index (Phi) is 5.33. The van der Waals surface area contributed by atoms with Crippen LogP contribution in [0.25, 0.3) is 11.1 Å². The van der Waals surface area contributed by atoms with Crippen LogP contribution in [0.3, 0.4) is 0 Å². The minimum atomic E-state index is -0.0101. The number of hydrogen-bond acceptors (Lipinski definition) is 2. The first-order valence-electron chi connectivity index (χ1n) is 7.11. The number of aliphatic hydroxyl groups is 2. The highest BCUT2D eigenvalue weighted by Crippen LogP contribution is 2.24. The van der Waals surface area contributed by atoms with E-state index in [-0.39, 0.29) is 19.1 Å². The van der Waals surface area contributed by atoms with Gasteiger partial charge in [-0.25, -0.2) is 0 Å². The van der Waals surface area contributed by atoms with Gasteiger partial charge in [0.1, 0.15) is 0 Å². The molecule has 0 aliphatic carbocycles. The Morgan fingerprint density at radius 2 is 1.65 bits per heavy atom. The minimum Gasteiger partial charge on any atom is -0.396 e. The third-order valence-electron chi connectivity index (χ3n) is 3.73. The van der Waals surface area contributed by atoms with Crippen molar-refractivity contribution in [2.24, 2.45) is 5.92 Å². The van der Waals surface area contributed by atoms with E-state index in [0.717, 1.165) is 12.8 Å². The number of rotatable bonds is 6. The van der Waals surface area contributed by atoms with Crippen molar-refractivity contribution in [1.29, 1.82) is 0 Å². The molecule has 0 aliphatic heterocycles. The number of benzene rings is 2. The Morgan fingerprint density at radius 1 is 0.950 bits per heavy atom. The third-order valence-corrected chi connectivity index (χ3v) is 3.73. The molecule has 106 valence electrons. The standard InChI is InChI=1S/C18H22O2/c1-14-11-15(7-8-16(12-19)13-20)9-10-18(14)17-5-3-2-4-6-17/h2-6,9-11,16,19-20H,7-8,12-13H2,1H3. The van der Waals surface area contributed by atoms with Gasteiger partial charge >= 0.3 is 0 Å². The van der Waals surface area contributed by atoms with Gasteiger partial charge < -0.3 is 10.2 Å². The van der Waals surface area contributed by atoms with Crippen LogP contribution in [-0.2, 0) is 6.42 Å². The first kappa shape index (κ1) is 14.8. The molecule has 0 saturated heterocycles. The van der Waals surface area contributed by atoms with Crippen molar-refractivity contribution in [3.05, 3.63) is 59.7 Å². The van der Waals surface area contributed by atoms with Crippen molar-refractivity contribution in [3.63, 3.8) is 0 Å². The molecule has 2 heteroatoms. The van der Waals surface area contributed by atoms with Crippen LogP contribution in [0.1, 0.15) is 17.5 Å². The molecule has 0 aliphatic rings. The van der Waals surface area contributed by atoms with Crippen LogP contribution in [0.4, 0.5) is 0 Å². The van der Waals surface area contributed by atoms with E-state index < -0.39 is 0 Å². The van der Waals surface area contributed by atoms with Crippen LogP contribution in [0, 0.1) is 12.8 Å². The molecule has 0 aromatic heterocycles. The highest BCUT2D eigenvalue weighted by Gasteiger charge is 2.07. The average molecular weight is 270 g/mol. The second-order valence-corrected chi connectivity index (χ2v) is 5.29. The smallest absolute Gasteiger partial charge is 0.0481 e. The maximum absolute atomic E-state index is 9.09. The van der Waals surface area contributed by atoms with Gasteiger partial charge in [0.05, 0.1) is 0 Å². The summed E-state index contributed by atoms with van der Waals surface area (Å²) in [7, 11) is 0. The van der Waals surface area contributed by atoms with Crippen LogP contribution in [0.15, 0.2) is 48.5 Å². The third kappa shape index (κ3) is 3.69. The number of hydrogen-bond donors (Lipinski definition) is 2. The SMILES string of the molecule is Cc1cc(CCC(CO)CO)ccc1-c1ccccc1. The Balaban J connectivity index is 2.10. The predicted octanol–water partition coefficient (Wildman–Crippen LogP) is 3.20. The molecule has 0 saturated carbocycles. The van der Waals surface area contributed by atoms with Crippen molar-refractivity contribution in [1.82, 2.24) is 0 Å². The Morgan fingerprint density at radius 3 is 2.25 bits per heavy atom. The van der Waals surface area contributed by atoms with Gasteiger partial charge in [-0.1, -0.05) is 48.5 Å². The summed E-state index contributed by atoms with van der Waals surface area (Å²) in [5.41, 5.74) is 5.02. The molecule has 2 aromatic carbocycles. The summed E-state index contributed by atoms with van der Waals surface area (Å²) >= 11 is 0. The Labute approximate surface area is 120 Å². The van der Waals surface area contributed by atoms with Crippen LogP contribution >= 0.6 is 0 Å². The van der Waals surface area contributed by atoms with Gasteiger partial charge in [-0.05, 0) is 42.0 Å². The zero-order valence-electron chi connectivity index (χ0n) is 11.9. The second kappa shape index (κ2) is 7.22. The van der Waals surface area contributed by atoms with Gasteiger partial charge in [-0.15, -0.1) is 0 Å². The maximum atomic E-state index is 9.09. The van der Waals surface area contributed by atoms with Gasteiger partial charge in [0.2, 0.25) is 0 Å². The van der Waals surface area contributed by atoms with E-state index in [1.807, 2.05) is 6.07 Å². The largest absolute Gasteiger partial charge is 0.396 e. The van der Waals surface area contributed by atoms with Gasteiger partial charge in [-0.3, -0.25) is 0 Å². The van der Waals surface area contributed by atoms with Crippen LogP contribution in [-0.4, -0.2) is 23.4 Å². The van der Waals surface area contributed by atoms with Crippen LogP contribution in [0.5, 0.6) is 0 Å². The normalized spacial score (nSPS) is 11.0. The molecule has 0 amide bonds. The van der Waals surface area contributed by atoms with Gasteiger partial charge in [0.25, 0.3) is 0 Å². The fourth-order valence-electron chi connectivity index (χ4n) is 2.43. The van der Waals surface area contributed by atoms with Crippen molar-refractivity contribution in [2.45, 2.75) is 19.8 Å². The number of aryl methyl sites for hydroxylation is 2. The molecule has 0 bridgehead atoms. The van der Waals surface area contributed by atoms with Crippen LogP contribution < -0.4 is 0 Å². The first-order chi connectivity index (χ1) is 9.74. The lowest BCUT2D eigenvalue weighted by molar-refractivity contribution is 0.144. The highest BCUT2D eigenvalue weighted by atomic mass is 16.3. The summed E-state index contributed by atoms with van der Waals surface area (Å²) < 4.78 is 0. The molecular weight excluding hydrogens is 248 g/mol. The molecule has 2 N–H and O–H groups in total. The molecule has 2 aromatic rings. The van der Waals surface area contributed by atoms with Crippen molar-refractivity contribution in [2.75, 3.05) is 13.2 Å². The summed E-state index contributed by atoms with van der Waals surface area (Å²) in [6.07, 6.45) is 1.71. The molecular formula is C18H22O2. The highest BCUT2D eigenvalue weighted by molar-refractivity contribution is 5.67. The molecule has 0 heterocycles. The molecule has 20 heavy (non-hydrogen) atoms. The van der Waals surface area contributed by atoms with Crippen molar-refractivity contribution < 1.29 is 10.2 Å². The van der Waals surface area contributed by atoms with Gasteiger partial charge in [-0.2, -0.15) is 0 Å². The van der Waals surface area contributed by atoms with E-state index >= 15 is 0 Å². The predicted molar refractivity (Wildman–Crippen MR) is 82.6 cm³/mol. The zero-order valence-corrected chi connectivity index (χ0v) is 11.9. The zero-order chi connectivity index (χ0) is 14.4. The topological polar surface area (TPSA) is 40.5 Å². The maximum Gasteiger partial charge on any atom is 0.0481 e.